The van der Waals surface area contributed by atoms with Crippen molar-refractivity contribution in [1.29, 1.82) is 0 Å². The number of fused-ring (bicyclic) bond motifs is 3. The van der Waals surface area contributed by atoms with Crippen LogP contribution in [0.1, 0.15) is 48.5 Å². The number of aromatic nitrogens is 4. The Labute approximate surface area is 197 Å². The summed E-state index contributed by atoms with van der Waals surface area (Å²) in [5.41, 5.74) is 12.3. The molecule has 4 N–H and O–H groups in total. The van der Waals surface area contributed by atoms with Crippen LogP contribution in [0.5, 0.6) is 0 Å². The van der Waals surface area contributed by atoms with Crippen LogP contribution in [0.15, 0.2) is 42.9 Å². The van der Waals surface area contributed by atoms with Gasteiger partial charge in [0.25, 0.3) is 0 Å². The number of rotatable bonds is 4. The van der Waals surface area contributed by atoms with E-state index < -0.39 is 12.2 Å². The summed E-state index contributed by atoms with van der Waals surface area (Å²) in [6.45, 7) is 0. The third kappa shape index (κ3) is 3.14. The van der Waals surface area contributed by atoms with Crippen molar-refractivity contribution < 1.29 is 10.2 Å². The van der Waals surface area contributed by atoms with Gasteiger partial charge in [0.15, 0.2) is 0 Å². The molecule has 1 aromatic carbocycles. The summed E-state index contributed by atoms with van der Waals surface area (Å²) in [5, 5.41) is 23.7. The van der Waals surface area contributed by atoms with Crippen LogP contribution in [-0.4, -0.2) is 41.9 Å². The van der Waals surface area contributed by atoms with Gasteiger partial charge in [-0.05, 0) is 85.6 Å². The number of pyridine rings is 1. The molecule has 0 saturated heterocycles. The number of nitrogen functional groups attached to an aromatic ring is 1. The largest absolute Gasteiger partial charge is 0.390 e. The number of nitrogens with two attached hydrogens (primary N) is 1. The third-order valence-corrected chi connectivity index (χ3v) is 8.59. The number of hydrogen-bond donors (Lipinski definition) is 3. The highest BCUT2D eigenvalue weighted by Gasteiger charge is 2.47. The first-order chi connectivity index (χ1) is 16.5. The fourth-order valence-electron chi connectivity index (χ4n) is 6.38. The number of aryl methyl sites for hydroxylation is 1. The minimum Gasteiger partial charge on any atom is -0.390 e. The van der Waals surface area contributed by atoms with Gasteiger partial charge in [0, 0.05) is 17.3 Å². The molecule has 0 radical (unpaired) electrons. The van der Waals surface area contributed by atoms with Gasteiger partial charge in [0.2, 0.25) is 0 Å². The highest BCUT2D eigenvalue weighted by Crippen LogP contribution is 2.55. The zero-order valence-electron chi connectivity index (χ0n) is 19.1. The molecule has 3 aromatic heterocycles. The van der Waals surface area contributed by atoms with Crippen LogP contribution >= 0.6 is 0 Å². The van der Waals surface area contributed by atoms with Gasteiger partial charge < -0.3 is 20.5 Å². The Morgan fingerprint density at radius 1 is 1.06 bits per heavy atom. The van der Waals surface area contributed by atoms with Gasteiger partial charge in [0.05, 0.1) is 23.0 Å². The van der Waals surface area contributed by atoms with Gasteiger partial charge >= 0.3 is 0 Å². The molecule has 2 fully saturated rings. The molecule has 0 aliphatic heterocycles. The summed E-state index contributed by atoms with van der Waals surface area (Å²) in [5.74, 6) is 0.436. The second-order valence-electron chi connectivity index (χ2n) is 10.8. The van der Waals surface area contributed by atoms with E-state index in [1.807, 2.05) is 16.8 Å². The zero-order valence-corrected chi connectivity index (χ0v) is 19.1. The number of nitrogens with zero attached hydrogens (tertiary/aromatic N) is 4. The summed E-state index contributed by atoms with van der Waals surface area (Å²) in [6, 6.07) is 10.6. The van der Waals surface area contributed by atoms with E-state index in [1.54, 1.807) is 0 Å². The first-order valence-electron chi connectivity index (χ1n) is 12.3. The highest BCUT2D eigenvalue weighted by molar-refractivity contribution is 5.86. The Hall–Kier alpha value is -3.03. The lowest BCUT2D eigenvalue weighted by atomic mass is 9.95. The van der Waals surface area contributed by atoms with Crippen LogP contribution < -0.4 is 5.73 Å². The van der Waals surface area contributed by atoms with Gasteiger partial charge in [0.1, 0.15) is 23.9 Å². The van der Waals surface area contributed by atoms with Gasteiger partial charge in [-0.15, -0.1) is 0 Å². The van der Waals surface area contributed by atoms with E-state index in [4.69, 9.17) is 10.7 Å². The lowest BCUT2D eigenvalue weighted by molar-refractivity contribution is 0.00545. The number of anilines is 1. The Bertz CT molecular complexity index is 1430. The topological polar surface area (TPSA) is 110 Å². The van der Waals surface area contributed by atoms with Crippen LogP contribution in [0.25, 0.3) is 21.9 Å². The third-order valence-electron chi connectivity index (χ3n) is 8.59. The average Bonchev–Trinajstić information content (AvgIpc) is 3.16. The maximum atomic E-state index is 10.8. The molecular weight excluding hydrogens is 426 g/mol. The van der Waals surface area contributed by atoms with Crippen molar-refractivity contribution >= 4 is 27.8 Å². The summed E-state index contributed by atoms with van der Waals surface area (Å²) >= 11 is 0. The standard InChI is InChI=1S/C27H29N5O2/c28-25-19-5-8-32(26(19)30-14-29-25)22-11-17(23(33)24(22)34)4-2-15-1-3-16-10-18-12-27(6-7-27)13-21(18)31-20(16)9-15/h1,3,5,8-10,14,17,22-24,33-34H,2,4,6-7,11-13H2,(H2,28,29,30)/t17-,22+,23+,24-/m0/s1. The summed E-state index contributed by atoms with van der Waals surface area (Å²) in [7, 11) is 0. The first-order valence-corrected chi connectivity index (χ1v) is 12.3. The molecule has 174 valence electrons. The molecule has 1 spiro atoms. The number of benzene rings is 1. The van der Waals surface area contributed by atoms with E-state index in [2.05, 4.69) is 34.2 Å². The zero-order chi connectivity index (χ0) is 23.0. The second kappa shape index (κ2) is 7.23. The average molecular weight is 456 g/mol. The van der Waals surface area contributed by atoms with Crippen LogP contribution in [0.2, 0.25) is 0 Å². The molecule has 0 amide bonds. The smallest absolute Gasteiger partial charge is 0.145 e. The molecule has 7 rings (SSSR count). The van der Waals surface area contributed by atoms with Crippen LogP contribution in [0, 0.1) is 11.3 Å². The summed E-state index contributed by atoms with van der Waals surface area (Å²) in [6.07, 6.45) is 9.11. The fourth-order valence-corrected chi connectivity index (χ4v) is 6.38. The SMILES string of the molecule is Nc1ncnc2c1ccn2[C@@H]1C[C@H](CCc2ccc3cc4c(nc3c2)CC2(CC2)C4)[C@@H](O)[C@H]1O. The van der Waals surface area contributed by atoms with Gasteiger partial charge in [-0.1, -0.05) is 12.1 Å². The molecule has 7 heteroatoms. The molecule has 2 saturated carbocycles. The summed E-state index contributed by atoms with van der Waals surface area (Å²) in [4.78, 5) is 13.4. The fraction of sp³-hybridized carbons (Fsp3) is 0.444. The van der Waals surface area contributed by atoms with Gasteiger partial charge in [-0.2, -0.15) is 0 Å². The molecule has 0 bridgehead atoms. The van der Waals surface area contributed by atoms with Crippen molar-refractivity contribution in [3.63, 3.8) is 0 Å². The first kappa shape index (κ1) is 20.4. The molecule has 0 unspecified atom stereocenters. The summed E-state index contributed by atoms with van der Waals surface area (Å²) < 4.78 is 1.94. The molecule has 3 heterocycles. The van der Waals surface area contributed by atoms with Crippen molar-refractivity contribution in [2.45, 2.75) is 63.2 Å². The van der Waals surface area contributed by atoms with Gasteiger partial charge in [-0.25, -0.2) is 9.97 Å². The predicted molar refractivity (Wildman–Crippen MR) is 130 cm³/mol. The number of aliphatic hydroxyl groups excluding tert-OH is 2. The monoisotopic (exact) mass is 455 g/mol. The number of hydrogen-bond acceptors (Lipinski definition) is 6. The van der Waals surface area contributed by atoms with E-state index in [0.29, 0.717) is 23.3 Å². The van der Waals surface area contributed by atoms with E-state index in [0.717, 1.165) is 30.2 Å². The van der Waals surface area contributed by atoms with E-state index in [-0.39, 0.29) is 12.0 Å². The Balaban J connectivity index is 1.09. The molecule has 34 heavy (non-hydrogen) atoms. The lowest BCUT2D eigenvalue weighted by Gasteiger charge is -2.19. The van der Waals surface area contributed by atoms with Crippen LogP contribution in [0.3, 0.4) is 0 Å². The van der Waals surface area contributed by atoms with Crippen molar-refractivity contribution in [3.05, 3.63) is 59.7 Å². The van der Waals surface area contributed by atoms with Crippen molar-refractivity contribution in [1.82, 2.24) is 19.5 Å². The molecule has 3 aliphatic carbocycles. The molecular formula is C27H29N5O2. The lowest BCUT2D eigenvalue weighted by Crippen LogP contribution is -2.29. The second-order valence-corrected chi connectivity index (χ2v) is 10.8. The van der Waals surface area contributed by atoms with E-state index in [9.17, 15) is 10.2 Å². The Kier molecular flexibility index (Phi) is 4.33. The molecule has 4 aromatic rings. The maximum Gasteiger partial charge on any atom is 0.145 e. The normalized spacial score (nSPS) is 27.1. The minimum absolute atomic E-state index is 0.00929. The van der Waals surface area contributed by atoms with Crippen molar-refractivity contribution in [3.8, 4) is 0 Å². The van der Waals surface area contributed by atoms with Crippen LogP contribution in [0.4, 0.5) is 5.82 Å². The van der Waals surface area contributed by atoms with E-state index in [1.165, 1.54) is 47.8 Å². The molecule has 4 atom stereocenters. The molecule has 3 aliphatic rings. The Morgan fingerprint density at radius 2 is 1.94 bits per heavy atom. The van der Waals surface area contributed by atoms with Crippen molar-refractivity contribution in [2.24, 2.45) is 11.3 Å². The van der Waals surface area contributed by atoms with E-state index >= 15 is 0 Å². The van der Waals surface area contributed by atoms with Gasteiger partial charge in [-0.3, -0.25) is 4.98 Å². The minimum atomic E-state index is -0.840. The highest BCUT2D eigenvalue weighted by atomic mass is 16.3. The Morgan fingerprint density at radius 3 is 2.79 bits per heavy atom. The van der Waals surface area contributed by atoms with Crippen LogP contribution in [-0.2, 0) is 19.3 Å². The quantitative estimate of drug-likeness (QED) is 0.435. The van der Waals surface area contributed by atoms with Crippen molar-refractivity contribution in [2.75, 3.05) is 5.73 Å². The maximum absolute atomic E-state index is 10.8. The number of aliphatic hydroxyl groups is 2. The molecule has 7 nitrogen and oxygen atoms in total. The predicted octanol–water partition coefficient (Wildman–Crippen LogP) is 3.36.